The van der Waals surface area contributed by atoms with Crippen LogP contribution in [0.1, 0.15) is 21.9 Å². The van der Waals surface area contributed by atoms with Crippen molar-refractivity contribution >= 4 is 17.4 Å². The molecule has 2 heterocycles. The van der Waals surface area contributed by atoms with Crippen LogP contribution in [0.15, 0.2) is 24.4 Å². The molecule has 0 N–H and O–H groups in total. The first-order valence-electron chi connectivity index (χ1n) is 6.33. The van der Waals surface area contributed by atoms with Gasteiger partial charge in [-0.15, -0.1) is 0 Å². The van der Waals surface area contributed by atoms with Gasteiger partial charge in [0.05, 0.1) is 17.8 Å². The highest BCUT2D eigenvalue weighted by Crippen LogP contribution is 2.18. The standard InChI is InChI=1S/C14H17ClN4O/c1-10-5-4-6-12(17-10)14(20)13-11(15)9-16-19(13)8-7-18(2)3/h4-6,9H,7-8H2,1-3H3. The van der Waals surface area contributed by atoms with Crippen LogP contribution in [0.3, 0.4) is 0 Å². The van der Waals surface area contributed by atoms with Gasteiger partial charge in [0.15, 0.2) is 0 Å². The number of halogens is 1. The smallest absolute Gasteiger partial charge is 0.230 e. The molecule has 0 amide bonds. The minimum Gasteiger partial charge on any atom is -0.308 e. The summed E-state index contributed by atoms with van der Waals surface area (Å²) in [5, 5.41) is 4.52. The van der Waals surface area contributed by atoms with Crippen LogP contribution in [0.2, 0.25) is 5.02 Å². The van der Waals surface area contributed by atoms with Gasteiger partial charge >= 0.3 is 0 Å². The number of hydrogen-bond donors (Lipinski definition) is 0. The van der Waals surface area contributed by atoms with Gasteiger partial charge in [-0.05, 0) is 33.2 Å². The summed E-state index contributed by atoms with van der Waals surface area (Å²) in [7, 11) is 3.93. The van der Waals surface area contributed by atoms with Crippen molar-refractivity contribution in [1.29, 1.82) is 0 Å². The Hall–Kier alpha value is -1.72. The molecule has 0 aliphatic heterocycles. The number of ketones is 1. The molecule has 2 aromatic heterocycles. The van der Waals surface area contributed by atoms with Crippen LogP contribution in [0, 0.1) is 6.92 Å². The molecule has 0 spiro atoms. The minimum atomic E-state index is -0.199. The van der Waals surface area contributed by atoms with Crippen molar-refractivity contribution in [3.05, 3.63) is 46.5 Å². The van der Waals surface area contributed by atoms with Gasteiger partial charge in [0.25, 0.3) is 0 Å². The first-order chi connectivity index (χ1) is 9.49. The highest BCUT2D eigenvalue weighted by atomic mass is 35.5. The summed E-state index contributed by atoms with van der Waals surface area (Å²) in [6.07, 6.45) is 1.50. The van der Waals surface area contributed by atoms with Gasteiger partial charge < -0.3 is 4.90 Å². The molecular weight excluding hydrogens is 276 g/mol. The lowest BCUT2D eigenvalue weighted by molar-refractivity contribution is 0.102. The second kappa shape index (κ2) is 6.15. The molecule has 6 heteroatoms. The number of likely N-dealkylation sites (N-methyl/N-ethyl adjacent to an activating group) is 1. The first kappa shape index (κ1) is 14.7. The maximum Gasteiger partial charge on any atom is 0.230 e. The van der Waals surface area contributed by atoms with Gasteiger partial charge in [0.1, 0.15) is 11.4 Å². The summed E-state index contributed by atoms with van der Waals surface area (Å²) in [4.78, 5) is 18.8. The molecule has 0 saturated carbocycles. The first-order valence-corrected chi connectivity index (χ1v) is 6.71. The number of hydrogen-bond acceptors (Lipinski definition) is 4. The Labute approximate surface area is 123 Å². The largest absolute Gasteiger partial charge is 0.308 e. The fourth-order valence-corrected chi connectivity index (χ4v) is 2.07. The van der Waals surface area contributed by atoms with Crippen LogP contribution in [-0.2, 0) is 6.54 Å². The molecule has 0 fully saturated rings. The van der Waals surface area contributed by atoms with Gasteiger partial charge in [0, 0.05) is 12.2 Å². The van der Waals surface area contributed by atoms with Crippen molar-refractivity contribution in [2.24, 2.45) is 0 Å². The molecule has 0 aliphatic rings. The Bertz CT molecular complexity index is 621. The molecule has 20 heavy (non-hydrogen) atoms. The quantitative estimate of drug-likeness (QED) is 0.791. The predicted octanol–water partition coefficient (Wildman–Crippen LogP) is 2.03. The zero-order chi connectivity index (χ0) is 14.7. The normalized spacial score (nSPS) is 11.1. The molecular formula is C14H17ClN4O. The highest BCUT2D eigenvalue weighted by molar-refractivity contribution is 6.34. The Morgan fingerprint density at radius 1 is 1.40 bits per heavy atom. The monoisotopic (exact) mass is 292 g/mol. The Kier molecular flexibility index (Phi) is 4.52. The number of nitrogens with zero attached hydrogens (tertiary/aromatic N) is 4. The summed E-state index contributed by atoms with van der Waals surface area (Å²) in [6, 6.07) is 5.35. The number of carbonyl (C=O) groups is 1. The topological polar surface area (TPSA) is 51.0 Å². The van der Waals surface area contributed by atoms with Crippen LogP contribution in [0.4, 0.5) is 0 Å². The van der Waals surface area contributed by atoms with Crippen molar-refractivity contribution in [2.45, 2.75) is 13.5 Å². The van der Waals surface area contributed by atoms with Crippen LogP contribution in [-0.4, -0.2) is 46.1 Å². The average Bonchev–Trinajstić information content (AvgIpc) is 2.76. The maximum atomic E-state index is 12.5. The highest BCUT2D eigenvalue weighted by Gasteiger charge is 2.20. The number of aryl methyl sites for hydroxylation is 1. The summed E-state index contributed by atoms with van der Waals surface area (Å²) in [5.41, 5.74) is 1.58. The lowest BCUT2D eigenvalue weighted by atomic mass is 10.2. The molecule has 0 saturated heterocycles. The van der Waals surface area contributed by atoms with Gasteiger partial charge in [0.2, 0.25) is 5.78 Å². The summed E-state index contributed by atoms with van der Waals surface area (Å²) < 4.78 is 1.63. The molecule has 0 aromatic carbocycles. The summed E-state index contributed by atoms with van der Waals surface area (Å²) >= 11 is 6.10. The Balaban J connectivity index is 2.32. The summed E-state index contributed by atoms with van der Waals surface area (Å²) in [6.45, 7) is 3.23. The third-order valence-corrected chi connectivity index (χ3v) is 3.17. The van der Waals surface area contributed by atoms with E-state index in [2.05, 4.69) is 10.1 Å². The third-order valence-electron chi connectivity index (χ3n) is 2.89. The lowest BCUT2D eigenvalue weighted by Gasteiger charge is -2.11. The third kappa shape index (κ3) is 3.23. The zero-order valence-electron chi connectivity index (χ0n) is 11.8. The van der Waals surface area contributed by atoms with Gasteiger partial charge in [-0.1, -0.05) is 17.7 Å². The number of pyridine rings is 1. The van der Waals surface area contributed by atoms with Gasteiger partial charge in [-0.3, -0.25) is 9.48 Å². The van der Waals surface area contributed by atoms with Crippen molar-refractivity contribution in [2.75, 3.05) is 20.6 Å². The fourth-order valence-electron chi connectivity index (χ4n) is 1.84. The second-order valence-corrected chi connectivity index (χ2v) is 5.27. The van der Waals surface area contributed by atoms with E-state index < -0.39 is 0 Å². The van der Waals surface area contributed by atoms with Crippen molar-refractivity contribution in [3.63, 3.8) is 0 Å². The van der Waals surface area contributed by atoms with E-state index in [0.717, 1.165) is 12.2 Å². The number of carbonyl (C=O) groups excluding carboxylic acids is 1. The predicted molar refractivity (Wildman–Crippen MR) is 78.2 cm³/mol. The fraction of sp³-hybridized carbons (Fsp3) is 0.357. The molecule has 0 bridgehead atoms. The molecule has 5 nitrogen and oxygen atoms in total. The van der Waals surface area contributed by atoms with E-state index in [1.54, 1.807) is 10.7 Å². The van der Waals surface area contributed by atoms with Crippen LogP contribution >= 0.6 is 11.6 Å². The molecule has 2 aromatic rings. The molecule has 0 atom stereocenters. The zero-order valence-corrected chi connectivity index (χ0v) is 12.6. The van der Waals surface area contributed by atoms with Crippen LogP contribution < -0.4 is 0 Å². The SMILES string of the molecule is Cc1cccc(C(=O)c2c(Cl)cnn2CCN(C)C)n1. The maximum absolute atomic E-state index is 12.5. The van der Waals surface area contributed by atoms with Crippen LogP contribution in [0.25, 0.3) is 0 Å². The molecule has 0 unspecified atom stereocenters. The lowest BCUT2D eigenvalue weighted by Crippen LogP contribution is -2.22. The average molecular weight is 293 g/mol. The summed E-state index contributed by atoms with van der Waals surface area (Å²) in [5.74, 6) is -0.199. The van der Waals surface area contributed by atoms with E-state index in [1.807, 2.05) is 38.1 Å². The van der Waals surface area contributed by atoms with E-state index in [4.69, 9.17) is 11.6 Å². The minimum absolute atomic E-state index is 0.199. The number of rotatable bonds is 5. The van der Waals surface area contributed by atoms with Gasteiger partial charge in [-0.2, -0.15) is 5.10 Å². The molecule has 0 aliphatic carbocycles. The van der Waals surface area contributed by atoms with Crippen molar-refractivity contribution in [1.82, 2.24) is 19.7 Å². The molecule has 2 rings (SSSR count). The van der Waals surface area contributed by atoms with E-state index in [0.29, 0.717) is 23.0 Å². The van der Waals surface area contributed by atoms with E-state index in [9.17, 15) is 4.79 Å². The number of aromatic nitrogens is 3. The van der Waals surface area contributed by atoms with E-state index >= 15 is 0 Å². The van der Waals surface area contributed by atoms with E-state index in [-0.39, 0.29) is 5.78 Å². The Morgan fingerprint density at radius 2 is 2.15 bits per heavy atom. The molecule has 106 valence electrons. The van der Waals surface area contributed by atoms with Crippen molar-refractivity contribution in [3.8, 4) is 0 Å². The van der Waals surface area contributed by atoms with Crippen molar-refractivity contribution < 1.29 is 4.79 Å². The second-order valence-electron chi connectivity index (χ2n) is 4.86. The molecule has 0 radical (unpaired) electrons. The van der Waals surface area contributed by atoms with Gasteiger partial charge in [-0.25, -0.2) is 4.98 Å². The van der Waals surface area contributed by atoms with Crippen LogP contribution in [0.5, 0.6) is 0 Å². The van der Waals surface area contributed by atoms with E-state index in [1.165, 1.54) is 6.20 Å². The Morgan fingerprint density at radius 3 is 2.80 bits per heavy atom.